The quantitative estimate of drug-likeness (QED) is 0.569. The van der Waals surface area contributed by atoms with Crippen LogP contribution in [0.5, 0.6) is 0 Å². The molecule has 1 heterocycles. The van der Waals surface area contributed by atoms with Gasteiger partial charge in [0.25, 0.3) is 5.56 Å². The van der Waals surface area contributed by atoms with Crippen LogP contribution in [0.15, 0.2) is 21.9 Å². The van der Waals surface area contributed by atoms with E-state index in [4.69, 9.17) is 0 Å². The van der Waals surface area contributed by atoms with E-state index >= 15 is 0 Å². The first-order valence-corrected chi connectivity index (χ1v) is 7.16. The molecule has 2 unspecified atom stereocenters. The predicted octanol–water partition coefficient (Wildman–Crippen LogP) is -2.14. The van der Waals surface area contributed by atoms with Gasteiger partial charge in [-0.2, -0.15) is 0 Å². The van der Waals surface area contributed by atoms with Crippen molar-refractivity contribution in [2.24, 2.45) is 0 Å². The standard InChI is InChI=1S/C14H26N4O4/c1-15(2)7-11(19)9-17-6-5-13(21)18(14(17)22)10-12(20)8-16(3)4/h5-6,11-12,19-20H,7-10H2,1-4H3. The van der Waals surface area contributed by atoms with Crippen molar-refractivity contribution in [3.8, 4) is 0 Å². The fourth-order valence-corrected chi connectivity index (χ4v) is 2.26. The second kappa shape index (κ2) is 8.23. The molecule has 0 saturated carbocycles. The topological polar surface area (TPSA) is 90.9 Å². The lowest BCUT2D eigenvalue weighted by Gasteiger charge is -2.19. The second-order valence-corrected chi connectivity index (χ2v) is 6.03. The molecule has 0 aliphatic carbocycles. The number of likely N-dealkylation sites (N-methyl/N-ethyl adjacent to an activating group) is 2. The maximum atomic E-state index is 12.3. The number of hydrogen-bond acceptors (Lipinski definition) is 6. The summed E-state index contributed by atoms with van der Waals surface area (Å²) in [5.41, 5.74) is -0.982. The molecule has 0 aliphatic rings. The molecular formula is C14H26N4O4. The van der Waals surface area contributed by atoms with Gasteiger partial charge in [0.2, 0.25) is 0 Å². The van der Waals surface area contributed by atoms with Crippen molar-refractivity contribution in [3.63, 3.8) is 0 Å². The van der Waals surface area contributed by atoms with Gasteiger partial charge in [-0.15, -0.1) is 0 Å². The van der Waals surface area contributed by atoms with Crippen LogP contribution in [-0.4, -0.2) is 82.6 Å². The molecule has 0 radical (unpaired) electrons. The van der Waals surface area contributed by atoms with E-state index in [1.165, 1.54) is 16.8 Å². The number of rotatable bonds is 8. The van der Waals surface area contributed by atoms with Crippen LogP contribution < -0.4 is 11.2 Å². The minimum Gasteiger partial charge on any atom is -0.390 e. The van der Waals surface area contributed by atoms with Crippen molar-refractivity contribution in [1.82, 2.24) is 18.9 Å². The molecule has 0 amide bonds. The van der Waals surface area contributed by atoms with E-state index < -0.39 is 23.5 Å². The van der Waals surface area contributed by atoms with E-state index in [1.54, 1.807) is 19.0 Å². The maximum Gasteiger partial charge on any atom is 0.331 e. The summed E-state index contributed by atoms with van der Waals surface area (Å²) in [4.78, 5) is 27.7. The number of aromatic nitrogens is 2. The van der Waals surface area contributed by atoms with Crippen molar-refractivity contribution in [1.29, 1.82) is 0 Å². The van der Waals surface area contributed by atoms with E-state index in [-0.39, 0.29) is 13.1 Å². The first kappa shape index (κ1) is 18.6. The van der Waals surface area contributed by atoms with Gasteiger partial charge >= 0.3 is 5.69 Å². The molecule has 22 heavy (non-hydrogen) atoms. The predicted molar refractivity (Wildman–Crippen MR) is 84.1 cm³/mol. The summed E-state index contributed by atoms with van der Waals surface area (Å²) in [6, 6.07) is 1.27. The average molecular weight is 314 g/mol. The number of aliphatic hydroxyl groups is 2. The van der Waals surface area contributed by atoms with Crippen LogP contribution in [0.2, 0.25) is 0 Å². The fraction of sp³-hybridized carbons (Fsp3) is 0.714. The Morgan fingerprint density at radius 1 is 1.00 bits per heavy atom. The number of hydrogen-bond donors (Lipinski definition) is 2. The van der Waals surface area contributed by atoms with Gasteiger partial charge in [0.1, 0.15) is 0 Å². The van der Waals surface area contributed by atoms with Crippen molar-refractivity contribution in [2.45, 2.75) is 25.3 Å². The summed E-state index contributed by atoms with van der Waals surface area (Å²) in [6.07, 6.45) is -0.161. The van der Waals surface area contributed by atoms with Crippen LogP contribution in [0.1, 0.15) is 0 Å². The van der Waals surface area contributed by atoms with Gasteiger partial charge in [0.05, 0.1) is 25.3 Å². The number of nitrogens with zero attached hydrogens (tertiary/aromatic N) is 4. The second-order valence-electron chi connectivity index (χ2n) is 6.03. The fourth-order valence-electron chi connectivity index (χ4n) is 2.26. The summed E-state index contributed by atoms with van der Waals surface area (Å²) < 4.78 is 2.29. The lowest BCUT2D eigenvalue weighted by Crippen LogP contribution is -2.45. The van der Waals surface area contributed by atoms with E-state index in [2.05, 4.69) is 0 Å². The smallest absolute Gasteiger partial charge is 0.331 e. The maximum absolute atomic E-state index is 12.3. The Balaban J connectivity index is 2.93. The molecule has 1 aromatic rings. The van der Waals surface area contributed by atoms with Crippen LogP contribution >= 0.6 is 0 Å². The van der Waals surface area contributed by atoms with E-state index in [0.29, 0.717) is 13.1 Å². The van der Waals surface area contributed by atoms with E-state index in [9.17, 15) is 19.8 Å². The Hall–Kier alpha value is -1.48. The minimum atomic E-state index is -0.817. The largest absolute Gasteiger partial charge is 0.390 e. The zero-order valence-electron chi connectivity index (χ0n) is 13.6. The molecule has 8 nitrogen and oxygen atoms in total. The van der Waals surface area contributed by atoms with E-state index in [0.717, 1.165) is 4.57 Å². The van der Waals surface area contributed by atoms with Crippen LogP contribution in [0.4, 0.5) is 0 Å². The lowest BCUT2D eigenvalue weighted by molar-refractivity contribution is 0.110. The highest BCUT2D eigenvalue weighted by atomic mass is 16.3. The highest BCUT2D eigenvalue weighted by molar-refractivity contribution is 4.88. The highest BCUT2D eigenvalue weighted by Gasteiger charge is 2.14. The molecule has 0 spiro atoms. The molecule has 0 aromatic carbocycles. The normalized spacial score (nSPS) is 14.5. The summed E-state index contributed by atoms with van der Waals surface area (Å²) in [7, 11) is 7.24. The molecule has 0 bridgehead atoms. The van der Waals surface area contributed by atoms with Crippen molar-refractivity contribution in [2.75, 3.05) is 41.3 Å². The van der Waals surface area contributed by atoms with Gasteiger partial charge in [0, 0.05) is 25.4 Å². The molecule has 2 atom stereocenters. The van der Waals surface area contributed by atoms with Crippen molar-refractivity contribution in [3.05, 3.63) is 33.1 Å². The van der Waals surface area contributed by atoms with Crippen LogP contribution in [0, 0.1) is 0 Å². The Kier molecular flexibility index (Phi) is 6.95. The lowest BCUT2D eigenvalue weighted by atomic mass is 10.3. The Morgan fingerprint density at radius 3 is 2.00 bits per heavy atom. The first-order valence-electron chi connectivity index (χ1n) is 7.16. The van der Waals surface area contributed by atoms with Crippen LogP contribution in [-0.2, 0) is 13.1 Å². The van der Waals surface area contributed by atoms with Gasteiger partial charge in [0.15, 0.2) is 0 Å². The molecule has 1 aromatic heterocycles. The van der Waals surface area contributed by atoms with Gasteiger partial charge in [-0.05, 0) is 28.2 Å². The number of aliphatic hydroxyl groups excluding tert-OH is 2. The summed E-state index contributed by atoms with van der Waals surface area (Å²) >= 11 is 0. The van der Waals surface area contributed by atoms with Gasteiger partial charge < -0.3 is 20.0 Å². The van der Waals surface area contributed by atoms with Gasteiger partial charge in [-0.1, -0.05) is 0 Å². The van der Waals surface area contributed by atoms with Crippen LogP contribution in [0.25, 0.3) is 0 Å². The summed E-state index contributed by atoms with van der Waals surface area (Å²) in [5, 5.41) is 19.8. The molecule has 2 N–H and O–H groups in total. The van der Waals surface area contributed by atoms with E-state index in [1.807, 2.05) is 19.0 Å². The molecule has 126 valence electrons. The Labute approximate surface area is 129 Å². The average Bonchev–Trinajstić information content (AvgIpc) is 2.36. The van der Waals surface area contributed by atoms with Gasteiger partial charge in [-0.3, -0.25) is 13.9 Å². The third-order valence-electron chi connectivity index (χ3n) is 3.09. The van der Waals surface area contributed by atoms with Crippen LogP contribution in [0.3, 0.4) is 0 Å². The Bertz CT molecular complexity index is 579. The minimum absolute atomic E-state index is 0.0690. The molecule has 0 fully saturated rings. The summed E-state index contributed by atoms with van der Waals surface area (Å²) in [6.45, 7) is 0.792. The summed E-state index contributed by atoms with van der Waals surface area (Å²) in [5.74, 6) is 0. The first-order chi connectivity index (χ1) is 10.2. The highest BCUT2D eigenvalue weighted by Crippen LogP contribution is 1.93. The zero-order chi connectivity index (χ0) is 16.9. The monoisotopic (exact) mass is 314 g/mol. The molecule has 1 rings (SSSR count). The molecule has 0 aliphatic heterocycles. The SMILES string of the molecule is CN(C)CC(O)Cn1ccc(=O)n(CC(O)CN(C)C)c1=O. The van der Waals surface area contributed by atoms with Crippen molar-refractivity contribution < 1.29 is 10.2 Å². The molecule has 8 heteroatoms. The third kappa shape index (κ3) is 5.72. The zero-order valence-corrected chi connectivity index (χ0v) is 13.6. The Morgan fingerprint density at radius 2 is 1.50 bits per heavy atom. The molecular weight excluding hydrogens is 288 g/mol. The van der Waals surface area contributed by atoms with Crippen molar-refractivity contribution >= 4 is 0 Å². The van der Waals surface area contributed by atoms with Gasteiger partial charge in [-0.25, -0.2) is 4.79 Å². The third-order valence-corrected chi connectivity index (χ3v) is 3.09. The molecule has 0 saturated heterocycles.